The fraction of sp³-hybridized carbons (Fsp3) is 0.688. The molecule has 0 aromatic carbocycles. The number of rotatable bonds is 3. The molecule has 6 heteroatoms. The number of carbonyl (C=O) groups is 2. The molecule has 22 heavy (non-hydrogen) atoms. The first-order valence-corrected chi connectivity index (χ1v) is 8.11. The Morgan fingerprint density at radius 2 is 1.95 bits per heavy atom. The Morgan fingerprint density at radius 3 is 2.55 bits per heavy atom. The van der Waals surface area contributed by atoms with Gasteiger partial charge in [0.05, 0.1) is 23.7 Å². The Kier molecular flexibility index (Phi) is 3.93. The lowest BCUT2D eigenvalue weighted by atomic mass is 9.98. The van der Waals surface area contributed by atoms with Crippen molar-refractivity contribution in [2.45, 2.75) is 45.6 Å². The van der Waals surface area contributed by atoms with Gasteiger partial charge >= 0.3 is 0 Å². The second-order valence-electron chi connectivity index (χ2n) is 6.72. The molecule has 1 saturated heterocycles. The standard InChI is InChI=1S/C16H24N4O2/c1-10-8-19(9-14(10)15(17)21)16(22)13-7-18-20(11(13)2)12-5-3-4-6-12/h7,10,12,14H,3-6,8-9H2,1-2H3,(H2,17,21)/t10-,14-/m1/s1. The van der Waals surface area contributed by atoms with E-state index >= 15 is 0 Å². The van der Waals surface area contributed by atoms with Crippen LogP contribution in [0.5, 0.6) is 0 Å². The minimum atomic E-state index is -0.318. The Morgan fingerprint density at radius 1 is 1.27 bits per heavy atom. The molecule has 2 aliphatic rings. The SMILES string of the molecule is Cc1c(C(=O)N2C[C@@H](C)[C@H](C(N)=O)C2)cnn1C1CCCC1. The van der Waals surface area contributed by atoms with Gasteiger partial charge in [-0.3, -0.25) is 14.3 Å². The fourth-order valence-corrected chi connectivity index (χ4v) is 3.82. The first kappa shape index (κ1) is 15.1. The minimum absolute atomic E-state index is 0.0302. The summed E-state index contributed by atoms with van der Waals surface area (Å²) in [5, 5.41) is 4.44. The summed E-state index contributed by atoms with van der Waals surface area (Å²) in [4.78, 5) is 25.9. The highest BCUT2D eigenvalue weighted by Gasteiger charge is 2.37. The summed E-state index contributed by atoms with van der Waals surface area (Å²) in [6.07, 6.45) is 6.42. The Bertz CT molecular complexity index is 589. The van der Waals surface area contributed by atoms with Gasteiger partial charge < -0.3 is 10.6 Å². The number of aromatic nitrogens is 2. The highest BCUT2D eigenvalue weighted by molar-refractivity contribution is 5.95. The summed E-state index contributed by atoms with van der Waals surface area (Å²) in [5.74, 6) is -0.473. The summed E-state index contributed by atoms with van der Waals surface area (Å²) in [6.45, 7) is 4.94. The summed E-state index contributed by atoms with van der Waals surface area (Å²) >= 11 is 0. The van der Waals surface area contributed by atoms with Crippen molar-refractivity contribution >= 4 is 11.8 Å². The molecule has 3 rings (SSSR count). The summed E-state index contributed by atoms with van der Waals surface area (Å²) in [5.41, 5.74) is 7.01. The molecule has 120 valence electrons. The predicted octanol–water partition coefficient (Wildman–Crippen LogP) is 1.50. The van der Waals surface area contributed by atoms with Crippen LogP contribution in [-0.4, -0.2) is 39.6 Å². The molecule has 2 fully saturated rings. The number of nitrogens with zero attached hydrogens (tertiary/aromatic N) is 3. The number of primary amides is 1. The molecule has 0 unspecified atom stereocenters. The van der Waals surface area contributed by atoms with E-state index in [0.29, 0.717) is 24.7 Å². The van der Waals surface area contributed by atoms with Crippen LogP contribution in [0.4, 0.5) is 0 Å². The predicted molar refractivity (Wildman–Crippen MR) is 82.2 cm³/mol. The monoisotopic (exact) mass is 304 g/mol. The molecule has 6 nitrogen and oxygen atoms in total. The maximum absolute atomic E-state index is 12.7. The number of amides is 2. The fourth-order valence-electron chi connectivity index (χ4n) is 3.82. The molecular formula is C16H24N4O2. The van der Waals surface area contributed by atoms with Gasteiger partial charge in [-0.2, -0.15) is 5.10 Å². The number of nitrogens with two attached hydrogens (primary N) is 1. The third kappa shape index (κ3) is 2.51. The smallest absolute Gasteiger partial charge is 0.257 e. The maximum Gasteiger partial charge on any atom is 0.257 e. The molecule has 0 radical (unpaired) electrons. The van der Waals surface area contributed by atoms with E-state index < -0.39 is 0 Å². The van der Waals surface area contributed by atoms with Gasteiger partial charge in [-0.15, -0.1) is 0 Å². The van der Waals surface area contributed by atoms with Gasteiger partial charge in [-0.05, 0) is 25.7 Å². The van der Waals surface area contributed by atoms with Crippen LogP contribution in [0.1, 0.15) is 54.7 Å². The Labute approximate surface area is 130 Å². The van der Waals surface area contributed by atoms with Gasteiger partial charge in [0, 0.05) is 18.8 Å². The van der Waals surface area contributed by atoms with Gasteiger partial charge in [0.1, 0.15) is 0 Å². The van der Waals surface area contributed by atoms with Gasteiger partial charge in [-0.1, -0.05) is 19.8 Å². The van der Waals surface area contributed by atoms with E-state index in [0.717, 1.165) is 18.5 Å². The van der Waals surface area contributed by atoms with Gasteiger partial charge in [0.2, 0.25) is 5.91 Å². The van der Waals surface area contributed by atoms with Crippen LogP contribution in [0, 0.1) is 18.8 Å². The lowest BCUT2D eigenvalue weighted by Crippen LogP contribution is -2.32. The zero-order valence-electron chi connectivity index (χ0n) is 13.3. The van der Waals surface area contributed by atoms with Crippen molar-refractivity contribution in [3.05, 3.63) is 17.5 Å². The van der Waals surface area contributed by atoms with Crippen LogP contribution < -0.4 is 5.73 Å². The van der Waals surface area contributed by atoms with Gasteiger partial charge in [-0.25, -0.2) is 0 Å². The van der Waals surface area contributed by atoms with E-state index in [9.17, 15) is 9.59 Å². The first-order valence-electron chi connectivity index (χ1n) is 8.11. The van der Waals surface area contributed by atoms with Crippen molar-refractivity contribution in [3.63, 3.8) is 0 Å². The van der Waals surface area contributed by atoms with Gasteiger partial charge in [0.15, 0.2) is 0 Å². The number of hydrogen-bond acceptors (Lipinski definition) is 3. The molecule has 1 aliphatic carbocycles. The average molecular weight is 304 g/mol. The van der Waals surface area contributed by atoms with Crippen molar-refractivity contribution in [2.75, 3.05) is 13.1 Å². The highest BCUT2D eigenvalue weighted by Crippen LogP contribution is 2.31. The Balaban J connectivity index is 1.77. The molecule has 1 saturated carbocycles. The topological polar surface area (TPSA) is 81.2 Å². The molecule has 2 amide bonds. The van der Waals surface area contributed by atoms with E-state index in [1.807, 2.05) is 18.5 Å². The highest BCUT2D eigenvalue weighted by atomic mass is 16.2. The Hall–Kier alpha value is -1.85. The third-order valence-corrected chi connectivity index (χ3v) is 5.21. The van der Waals surface area contributed by atoms with Crippen molar-refractivity contribution in [1.82, 2.24) is 14.7 Å². The second kappa shape index (κ2) is 5.74. The molecule has 0 spiro atoms. The van der Waals surface area contributed by atoms with Crippen LogP contribution in [0.25, 0.3) is 0 Å². The van der Waals surface area contributed by atoms with Gasteiger partial charge in [0.25, 0.3) is 5.91 Å². The zero-order chi connectivity index (χ0) is 15.9. The summed E-state index contributed by atoms with van der Waals surface area (Å²) < 4.78 is 2.01. The molecule has 2 atom stereocenters. The minimum Gasteiger partial charge on any atom is -0.369 e. The summed E-state index contributed by atoms with van der Waals surface area (Å²) in [6, 6.07) is 0.428. The number of hydrogen-bond donors (Lipinski definition) is 1. The first-order chi connectivity index (χ1) is 10.5. The van der Waals surface area contributed by atoms with E-state index in [1.165, 1.54) is 12.8 Å². The number of carbonyl (C=O) groups excluding carboxylic acids is 2. The van der Waals surface area contributed by atoms with E-state index in [1.54, 1.807) is 11.1 Å². The molecule has 1 aromatic rings. The lowest BCUT2D eigenvalue weighted by molar-refractivity contribution is -0.122. The van der Waals surface area contributed by atoms with E-state index in [-0.39, 0.29) is 23.7 Å². The summed E-state index contributed by atoms with van der Waals surface area (Å²) in [7, 11) is 0. The molecule has 2 heterocycles. The molecule has 1 aromatic heterocycles. The van der Waals surface area contributed by atoms with Crippen LogP contribution in [0.3, 0.4) is 0 Å². The third-order valence-electron chi connectivity index (χ3n) is 5.21. The van der Waals surface area contributed by atoms with Crippen LogP contribution in [0.2, 0.25) is 0 Å². The molecule has 2 N–H and O–H groups in total. The van der Waals surface area contributed by atoms with Crippen LogP contribution in [0.15, 0.2) is 6.20 Å². The lowest BCUT2D eigenvalue weighted by Gasteiger charge is -2.17. The molecule has 1 aliphatic heterocycles. The molecule has 0 bridgehead atoms. The largest absolute Gasteiger partial charge is 0.369 e. The average Bonchev–Trinajstić information content (AvgIpc) is 3.17. The normalized spacial score (nSPS) is 25.8. The zero-order valence-corrected chi connectivity index (χ0v) is 13.3. The van der Waals surface area contributed by atoms with Crippen molar-refractivity contribution in [2.24, 2.45) is 17.6 Å². The van der Waals surface area contributed by atoms with E-state index in [4.69, 9.17) is 5.73 Å². The maximum atomic E-state index is 12.7. The van der Waals surface area contributed by atoms with Crippen LogP contribution in [-0.2, 0) is 4.79 Å². The van der Waals surface area contributed by atoms with Crippen molar-refractivity contribution in [3.8, 4) is 0 Å². The molecular weight excluding hydrogens is 280 g/mol. The van der Waals surface area contributed by atoms with Crippen LogP contribution >= 0.6 is 0 Å². The quantitative estimate of drug-likeness (QED) is 0.918. The number of likely N-dealkylation sites (tertiary alicyclic amines) is 1. The van der Waals surface area contributed by atoms with E-state index in [2.05, 4.69) is 5.10 Å². The van der Waals surface area contributed by atoms with Crippen molar-refractivity contribution in [1.29, 1.82) is 0 Å². The van der Waals surface area contributed by atoms with Crippen molar-refractivity contribution < 1.29 is 9.59 Å². The second-order valence-corrected chi connectivity index (χ2v) is 6.72.